The van der Waals surface area contributed by atoms with E-state index in [-0.39, 0.29) is 0 Å². The highest BCUT2D eigenvalue weighted by molar-refractivity contribution is 5.51. The Hall–Kier alpha value is -1.03. The second-order valence-electron chi connectivity index (χ2n) is 6.84. The molecule has 0 amide bonds. The van der Waals surface area contributed by atoms with Crippen LogP contribution in [0.25, 0.3) is 0 Å². The maximum atomic E-state index is 4.67. The van der Waals surface area contributed by atoms with Gasteiger partial charge in [0.15, 0.2) is 0 Å². The zero-order valence-corrected chi connectivity index (χ0v) is 13.3. The molecule has 4 heteroatoms. The molecule has 1 aromatic heterocycles. The number of aryl methyl sites for hydroxylation is 2. The molecule has 1 N–H and O–H groups in total. The average molecular weight is 276 g/mol. The second kappa shape index (κ2) is 5.40. The fourth-order valence-electron chi connectivity index (χ4n) is 3.51. The largest absolute Gasteiger partial charge is 0.354 e. The molecule has 2 unspecified atom stereocenters. The maximum absolute atomic E-state index is 4.67. The van der Waals surface area contributed by atoms with E-state index >= 15 is 0 Å². The molecule has 2 atom stereocenters. The van der Waals surface area contributed by atoms with Gasteiger partial charge in [-0.1, -0.05) is 6.92 Å². The minimum Gasteiger partial charge on any atom is -0.354 e. The highest BCUT2D eigenvalue weighted by Crippen LogP contribution is 2.32. The molecular weight excluding hydrogens is 248 g/mol. The van der Waals surface area contributed by atoms with Gasteiger partial charge in [-0.25, -0.2) is 0 Å². The normalized spacial score (nSPS) is 27.1. The summed E-state index contributed by atoms with van der Waals surface area (Å²) in [6, 6.07) is 1.37. The SMILES string of the molecule is Cc1nn(C)c(N2CCC(C)CC2C)c1CNC1CC1. The van der Waals surface area contributed by atoms with E-state index < -0.39 is 0 Å². The van der Waals surface area contributed by atoms with Crippen LogP contribution in [-0.4, -0.2) is 28.4 Å². The highest BCUT2D eigenvalue weighted by Gasteiger charge is 2.29. The summed E-state index contributed by atoms with van der Waals surface area (Å²) in [7, 11) is 2.09. The Balaban J connectivity index is 1.83. The van der Waals surface area contributed by atoms with Crippen molar-refractivity contribution in [2.45, 2.75) is 65.1 Å². The van der Waals surface area contributed by atoms with Crippen LogP contribution in [0.3, 0.4) is 0 Å². The van der Waals surface area contributed by atoms with Crippen LogP contribution in [0.1, 0.15) is 50.8 Å². The van der Waals surface area contributed by atoms with Crippen molar-refractivity contribution in [3.8, 4) is 0 Å². The summed E-state index contributed by atoms with van der Waals surface area (Å²) >= 11 is 0. The molecule has 1 aliphatic carbocycles. The molecule has 0 radical (unpaired) electrons. The molecule has 4 nitrogen and oxygen atoms in total. The van der Waals surface area contributed by atoms with E-state index in [4.69, 9.17) is 0 Å². The first-order chi connectivity index (χ1) is 9.56. The van der Waals surface area contributed by atoms with Crippen LogP contribution < -0.4 is 10.2 Å². The van der Waals surface area contributed by atoms with Gasteiger partial charge in [0, 0.05) is 37.8 Å². The quantitative estimate of drug-likeness (QED) is 0.917. The van der Waals surface area contributed by atoms with Crippen molar-refractivity contribution >= 4 is 5.82 Å². The molecule has 1 saturated heterocycles. The zero-order valence-electron chi connectivity index (χ0n) is 13.3. The molecular formula is C16H28N4. The molecule has 1 aromatic rings. The smallest absolute Gasteiger partial charge is 0.131 e. The molecule has 0 bridgehead atoms. The van der Waals surface area contributed by atoms with E-state index in [1.54, 1.807) is 0 Å². The molecule has 1 aliphatic heterocycles. The molecule has 20 heavy (non-hydrogen) atoms. The maximum Gasteiger partial charge on any atom is 0.131 e. The van der Waals surface area contributed by atoms with Crippen LogP contribution in [0.4, 0.5) is 5.82 Å². The van der Waals surface area contributed by atoms with Gasteiger partial charge >= 0.3 is 0 Å². The number of hydrogen-bond acceptors (Lipinski definition) is 3. The van der Waals surface area contributed by atoms with E-state index in [0.717, 1.165) is 25.0 Å². The van der Waals surface area contributed by atoms with Crippen LogP contribution in [0, 0.1) is 12.8 Å². The van der Waals surface area contributed by atoms with Gasteiger partial charge in [0.05, 0.1) is 5.69 Å². The first-order valence-corrected chi connectivity index (χ1v) is 8.08. The highest BCUT2D eigenvalue weighted by atomic mass is 15.4. The van der Waals surface area contributed by atoms with Gasteiger partial charge in [-0.3, -0.25) is 4.68 Å². The Morgan fingerprint density at radius 2 is 2.00 bits per heavy atom. The van der Waals surface area contributed by atoms with Crippen molar-refractivity contribution < 1.29 is 0 Å². The van der Waals surface area contributed by atoms with Crippen LogP contribution in [0.15, 0.2) is 0 Å². The minimum atomic E-state index is 0.619. The molecule has 112 valence electrons. The third-order valence-corrected chi connectivity index (χ3v) is 4.87. The van der Waals surface area contributed by atoms with Crippen LogP contribution in [0.2, 0.25) is 0 Å². The minimum absolute atomic E-state index is 0.619. The molecule has 2 fully saturated rings. The fourth-order valence-corrected chi connectivity index (χ4v) is 3.51. The van der Waals surface area contributed by atoms with Gasteiger partial charge in [-0.05, 0) is 45.4 Å². The van der Waals surface area contributed by atoms with Crippen LogP contribution in [-0.2, 0) is 13.6 Å². The Morgan fingerprint density at radius 1 is 1.25 bits per heavy atom. The number of aromatic nitrogens is 2. The lowest BCUT2D eigenvalue weighted by atomic mass is 9.93. The predicted octanol–water partition coefficient (Wildman–Crippen LogP) is 2.61. The summed E-state index contributed by atoms with van der Waals surface area (Å²) in [5.74, 6) is 2.19. The fraction of sp³-hybridized carbons (Fsp3) is 0.812. The molecule has 3 rings (SSSR count). The van der Waals surface area contributed by atoms with Crippen LogP contribution in [0.5, 0.6) is 0 Å². The van der Waals surface area contributed by atoms with E-state index in [2.05, 4.69) is 47.8 Å². The standard InChI is InChI=1S/C16H28N4/c1-11-7-8-20(12(2)9-11)16-15(10-17-14-5-6-14)13(3)18-19(16)4/h11-12,14,17H,5-10H2,1-4H3. The lowest BCUT2D eigenvalue weighted by Gasteiger charge is -2.38. The van der Waals surface area contributed by atoms with Gasteiger partial charge in [0.1, 0.15) is 5.82 Å². The number of anilines is 1. The number of piperidine rings is 1. The van der Waals surface area contributed by atoms with Gasteiger partial charge in [0.2, 0.25) is 0 Å². The van der Waals surface area contributed by atoms with Crippen molar-refractivity contribution in [3.63, 3.8) is 0 Å². The van der Waals surface area contributed by atoms with E-state index in [1.807, 2.05) is 0 Å². The monoisotopic (exact) mass is 276 g/mol. The van der Waals surface area contributed by atoms with Gasteiger partial charge in [-0.15, -0.1) is 0 Å². The first-order valence-electron chi connectivity index (χ1n) is 8.08. The average Bonchev–Trinajstić information content (AvgIpc) is 3.15. The summed E-state index contributed by atoms with van der Waals surface area (Å²) < 4.78 is 2.09. The Kier molecular flexibility index (Phi) is 3.76. The summed E-state index contributed by atoms with van der Waals surface area (Å²) in [5, 5.41) is 8.32. The molecule has 0 aromatic carbocycles. The third-order valence-electron chi connectivity index (χ3n) is 4.87. The van der Waals surface area contributed by atoms with Gasteiger partial charge in [-0.2, -0.15) is 5.10 Å². The van der Waals surface area contributed by atoms with Crippen molar-refractivity contribution in [1.82, 2.24) is 15.1 Å². The lowest BCUT2D eigenvalue weighted by Crippen LogP contribution is -2.42. The first kappa shape index (κ1) is 13.9. The van der Waals surface area contributed by atoms with E-state index in [1.165, 1.54) is 42.8 Å². The van der Waals surface area contributed by atoms with E-state index in [9.17, 15) is 0 Å². The Bertz CT molecular complexity index is 475. The third kappa shape index (κ3) is 2.71. The number of hydrogen-bond donors (Lipinski definition) is 1. The molecule has 2 heterocycles. The summed E-state index contributed by atoms with van der Waals surface area (Å²) in [4.78, 5) is 2.57. The Labute approximate surface area is 122 Å². The molecule has 0 spiro atoms. The van der Waals surface area contributed by atoms with Crippen molar-refractivity contribution in [1.29, 1.82) is 0 Å². The number of nitrogens with one attached hydrogen (secondary N) is 1. The lowest BCUT2D eigenvalue weighted by molar-refractivity contribution is 0.372. The molecule has 2 aliphatic rings. The number of nitrogens with zero attached hydrogens (tertiary/aromatic N) is 3. The topological polar surface area (TPSA) is 33.1 Å². The van der Waals surface area contributed by atoms with Gasteiger partial charge in [0.25, 0.3) is 0 Å². The van der Waals surface area contributed by atoms with E-state index in [0.29, 0.717) is 6.04 Å². The Morgan fingerprint density at radius 3 is 2.65 bits per heavy atom. The van der Waals surface area contributed by atoms with Crippen molar-refractivity contribution in [2.75, 3.05) is 11.4 Å². The van der Waals surface area contributed by atoms with Crippen LogP contribution >= 0.6 is 0 Å². The summed E-state index contributed by atoms with van der Waals surface area (Å²) in [6.07, 6.45) is 5.27. The number of rotatable bonds is 4. The van der Waals surface area contributed by atoms with Crippen molar-refractivity contribution in [3.05, 3.63) is 11.3 Å². The zero-order chi connectivity index (χ0) is 14.3. The van der Waals surface area contributed by atoms with Crippen molar-refractivity contribution in [2.24, 2.45) is 13.0 Å². The predicted molar refractivity (Wildman–Crippen MR) is 83.0 cm³/mol. The summed E-state index contributed by atoms with van der Waals surface area (Å²) in [6.45, 7) is 9.01. The molecule has 1 saturated carbocycles. The van der Waals surface area contributed by atoms with Gasteiger partial charge < -0.3 is 10.2 Å². The summed E-state index contributed by atoms with van der Waals surface area (Å²) in [5.41, 5.74) is 2.59. The second-order valence-corrected chi connectivity index (χ2v) is 6.84.